The van der Waals surface area contributed by atoms with Crippen LogP contribution in [0.2, 0.25) is 0 Å². The second-order valence-corrected chi connectivity index (χ2v) is 6.68. The Morgan fingerprint density at radius 1 is 1.08 bits per heavy atom. The summed E-state index contributed by atoms with van der Waals surface area (Å²) in [7, 11) is 3.10. The first-order valence-corrected chi connectivity index (χ1v) is 9.04. The second kappa shape index (κ2) is 8.37. The molecule has 2 aromatic rings. The molecule has 1 aliphatic heterocycles. The second-order valence-electron chi connectivity index (χ2n) is 5.74. The van der Waals surface area contributed by atoms with Crippen LogP contribution in [0.15, 0.2) is 29.4 Å². The highest BCUT2D eigenvalue weighted by Gasteiger charge is 2.17. The fraction of sp³-hybridized carbons (Fsp3) is 0.389. The van der Waals surface area contributed by atoms with Crippen LogP contribution in [0.5, 0.6) is 11.5 Å². The number of anilines is 1. The molecule has 0 bridgehead atoms. The van der Waals surface area contributed by atoms with Gasteiger partial charge in [0.2, 0.25) is 5.12 Å². The van der Waals surface area contributed by atoms with Gasteiger partial charge in [-0.3, -0.25) is 4.79 Å². The van der Waals surface area contributed by atoms with Crippen molar-refractivity contribution >= 4 is 22.7 Å². The molecule has 0 spiro atoms. The molecule has 3 rings (SSSR count). The van der Waals surface area contributed by atoms with Crippen LogP contribution in [0.25, 0.3) is 0 Å². The predicted molar refractivity (Wildman–Crippen MR) is 99.5 cm³/mol. The molecule has 0 saturated carbocycles. The maximum Gasteiger partial charge on any atom is 0.227 e. The van der Waals surface area contributed by atoms with E-state index in [1.54, 1.807) is 32.4 Å². The van der Waals surface area contributed by atoms with Crippen molar-refractivity contribution in [3.63, 3.8) is 0 Å². The van der Waals surface area contributed by atoms with Gasteiger partial charge in [0.1, 0.15) is 17.3 Å². The van der Waals surface area contributed by atoms with Gasteiger partial charge in [-0.2, -0.15) is 0 Å². The van der Waals surface area contributed by atoms with Crippen LogP contribution in [0.4, 0.5) is 5.82 Å². The third-order valence-corrected chi connectivity index (χ3v) is 4.71. The first kappa shape index (κ1) is 18.5. The lowest BCUT2D eigenvalue weighted by molar-refractivity contribution is 0.108. The minimum absolute atomic E-state index is 0.166. The molecular weight excluding hydrogens is 354 g/mol. The van der Waals surface area contributed by atoms with E-state index in [0.29, 0.717) is 35.4 Å². The van der Waals surface area contributed by atoms with E-state index in [9.17, 15) is 4.79 Å². The van der Waals surface area contributed by atoms with Crippen molar-refractivity contribution in [1.29, 1.82) is 0 Å². The molecule has 0 unspecified atom stereocenters. The smallest absolute Gasteiger partial charge is 0.227 e. The normalized spacial score (nSPS) is 14.2. The van der Waals surface area contributed by atoms with E-state index >= 15 is 0 Å². The molecule has 1 aliphatic rings. The van der Waals surface area contributed by atoms with Crippen molar-refractivity contribution in [2.75, 3.05) is 45.4 Å². The fourth-order valence-electron chi connectivity index (χ4n) is 2.59. The molecule has 2 heterocycles. The van der Waals surface area contributed by atoms with E-state index in [0.717, 1.165) is 36.4 Å². The predicted octanol–water partition coefficient (Wildman–Crippen LogP) is 2.57. The number of nitrogens with zero attached hydrogens (tertiary/aromatic N) is 3. The lowest BCUT2D eigenvalue weighted by atomic mass is 10.2. The molecule has 0 N–H and O–H groups in total. The quantitative estimate of drug-likeness (QED) is 0.583. The van der Waals surface area contributed by atoms with E-state index in [1.807, 2.05) is 13.0 Å². The van der Waals surface area contributed by atoms with E-state index in [4.69, 9.17) is 14.2 Å². The van der Waals surface area contributed by atoms with Crippen molar-refractivity contribution in [2.45, 2.75) is 12.1 Å². The number of benzene rings is 1. The van der Waals surface area contributed by atoms with Crippen molar-refractivity contribution in [3.8, 4) is 11.5 Å². The number of hydrogen-bond acceptors (Lipinski definition) is 8. The van der Waals surface area contributed by atoms with Gasteiger partial charge < -0.3 is 19.1 Å². The molecule has 1 aromatic carbocycles. The van der Waals surface area contributed by atoms with Crippen molar-refractivity contribution < 1.29 is 19.0 Å². The third kappa shape index (κ3) is 4.44. The van der Waals surface area contributed by atoms with Gasteiger partial charge in [-0.25, -0.2) is 9.97 Å². The van der Waals surface area contributed by atoms with Crippen LogP contribution >= 0.6 is 11.8 Å². The number of carbonyl (C=O) groups is 1. The Kier molecular flexibility index (Phi) is 5.95. The standard InChI is InChI=1S/C18H21N3O4S/c1-12-8-16(21-4-6-25-7-5-21)20-18(19-12)26-17(22)13-9-14(23-2)11-15(10-13)24-3/h8-11H,4-7H2,1-3H3. The lowest BCUT2D eigenvalue weighted by Gasteiger charge is -2.28. The number of methoxy groups -OCH3 is 2. The van der Waals surface area contributed by atoms with Crippen LogP contribution < -0.4 is 14.4 Å². The van der Waals surface area contributed by atoms with Crippen molar-refractivity contribution in [1.82, 2.24) is 9.97 Å². The molecule has 0 atom stereocenters. The molecule has 0 radical (unpaired) electrons. The number of carbonyl (C=O) groups excluding carboxylic acids is 1. The highest BCUT2D eigenvalue weighted by molar-refractivity contribution is 8.14. The molecule has 0 amide bonds. The number of morpholine rings is 1. The summed E-state index contributed by atoms with van der Waals surface area (Å²) >= 11 is 0.997. The monoisotopic (exact) mass is 375 g/mol. The summed E-state index contributed by atoms with van der Waals surface area (Å²) in [4.78, 5) is 23.8. The maximum atomic E-state index is 12.7. The summed E-state index contributed by atoms with van der Waals surface area (Å²) in [5, 5.41) is 0.263. The largest absolute Gasteiger partial charge is 0.497 e. The Balaban J connectivity index is 1.82. The Bertz CT molecular complexity index is 772. The Labute approximate surface area is 156 Å². The highest BCUT2D eigenvalue weighted by atomic mass is 32.2. The summed E-state index contributed by atoms with van der Waals surface area (Å²) in [6, 6.07) is 7.00. The Morgan fingerprint density at radius 2 is 1.73 bits per heavy atom. The minimum Gasteiger partial charge on any atom is -0.497 e. The molecule has 7 nitrogen and oxygen atoms in total. The summed E-state index contributed by atoms with van der Waals surface area (Å²) in [5.41, 5.74) is 1.30. The van der Waals surface area contributed by atoms with E-state index in [1.165, 1.54) is 0 Å². The summed E-state index contributed by atoms with van der Waals surface area (Å²) < 4.78 is 15.8. The zero-order valence-electron chi connectivity index (χ0n) is 15.0. The van der Waals surface area contributed by atoms with Crippen LogP contribution in [0.3, 0.4) is 0 Å². The number of thioether (sulfide) groups is 1. The molecule has 8 heteroatoms. The zero-order chi connectivity index (χ0) is 18.5. The maximum absolute atomic E-state index is 12.7. The van der Waals surface area contributed by atoms with Crippen LogP contribution in [-0.4, -0.2) is 55.6 Å². The SMILES string of the molecule is COc1cc(OC)cc(C(=O)Sc2nc(C)cc(N3CCOCC3)n2)c1. The molecule has 0 aliphatic carbocycles. The first-order valence-electron chi connectivity index (χ1n) is 8.22. The number of rotatable bonds is 5. The van der Waals surface area contributed by atoms with Gasteiger partial charge in [0.05, 0.1) is 27.4 Å². The van der Waals surface area contributed by atoms with E-state index in [-0.39, 0.29) is 5.12 Å². The van der Waals surface area contributed by atoms with Crippen LogP contribution in [-0.2, 0) is 4.74 Å². The summed E-state index contributed by atoms with van der Waals surface area (Å²) in [5.74, 6) is 1.94. The van der Waals surface area contributed by atoms with E-state index in [2.05, 4.69) is 14.9 Å². The Hall–Kier alpha value is -2.32. The van der Waals surface area contributed by atoms with Crippen LogP contribution in [0.1, 0.15) is 16.1 Å². The summed E-state index contributed by atoms with van der Waals surface area (Å²) in [6.45, 7) is 4.81. The molecule has 26 heavy (non-hydrogen) atoms. The number of hydrogen-bond donors (Lipinski definition) is 0. The molecule has 1 aromatic heterocycles. The highest BCUT2D eigenvalue weighted by Crippen LogP contribution is 2.28. The average Bonchev–Trinajstić information content (AvgIpc) is 2.67. The average molecular weight is 375 g/mol. The van der Waals surface area contributed by atoms with Gasteiger partial charge in [-0.15, -0.1) is 0 Å². The van der Waals surface area contributed by atoms with Crippen LogP contribution in [0, 0.1) is 6.92 Å². The molecule has 1 saturated heterocycles. The van der Waals surface area contributed by atoms with Crippen molar-refractivity contribution in [2.24, 2.45) is 0 Å². The fourth-order valence-corrected chi connectivity index (χ4v) is 3.32. The third-order valence-electron chi connectivity index (χ3n) is 3.93. The van der Waals surface area contributed by atoms with Gasteiger partial charge in [0.15, 0.2) is 5.16 Å². The van der Waals surface area contributed by atoms with Crippen molar-refractivity contribution in [3.05, 3.63) is 35.5 Å². The first-order chi connectivity index (χ1) is 12.6. The van der Waals surface area contributed by atoms with Gasteiger partial charge in [-0.1, -0.05) is 0 Å². The number of aryl methyl sites for hydroxylation is 1. The topological polar surface area (TPSA) is 73.8 Å². The van der Waals surface area contributed by atoms with Gasteiger partial charge in [0.25, 0.3) is 0 Å². The minimum atomic E-state index is -0.166. The summed E-state index contributed by atoms with van der Waals surface area (Å²) in [6.07, 6.45) is 0. The van der Waals surface area contributed by atoms with Gasteiger partial charge in [0, 0.05) is 36.5 Å². The van der Waals surface area contributed by atoms with Gasteiger partial charge in [-0.05, 0) is 30.8 Å². The lowest BCUT2D eigenvalue weighted by Crippen LogP contribution is -2.36. The zero-order valence-corrected chi connectivity index (χ0v) is 15.8. The Morgan fingerprint density at radius 3 is 2.35 bits per heavy atom. The molecular formula is C18H21N3O4S. The van der Waals surface area contributed by atoms with E-state index < -0.39 is 0 Å². The number of aromatic nitrogens is 2. The number of ether oxygens (including phenoxy) is 3. The van der Waals surface area contributed by atoms with Gasteiger partial charge >= 0.3 is 0 Å². The molecule has 1 fully saturated rings. The molecule has 138 valence electrons.